The number of nitrogens with zero attached hydrogens (tertiary/aromatic N) is 3. The molecule has 2 heterocycles. The molecule has 204 valence electrons. The van der Waals surface area contributed by atoms with Gasteiger partial charge in [0, 0.05) is 25.2 Å². The number of phenols is 1. The van der Waals surface area contributed by atoms with Crippen LogP contribution in [0.4, 0.5) is 0 Å². The van der Waals surface area contributed by atoms with E-state index in [4.69, 9.17) is 14.5 Å². The molecule has 0 spiro atoms. The average Bonchev–Trinajstić information content (AvgIpc) is 2.93. The van der Waals surface area contributed by atoms with Crippen LogP contribution in [-0.2, 0) is 6.54 Å². The smallest absolute Gasteiger partial charge is 0.261 e. The second-order valence-corrected chi connectivity index (χ2v) is 10.6. The Morgan fingerprint density at radius 1 is 1.08 bits per heavy atom. The first-order valence-corrected chi connectivity index (χ1v) is 13.8. The first kappa shape index (κ1) is 26.8. The summed E-state index contributed by atoms with van der Waals surface area (Å²) >= 11 is 0. The van der Waals surface area contributed by atoms with Crippen molar-refractivity contribution in [1.29, 1.82) is 0 Å². The standard InChI is InChI=1S/C32H37N3O4/c1-5-38-29-11-7-6-10-26(29)31-33-28-15-14-25(39-30-17-24(36)13-12-22(30)4)18-27(28)32(37)35(31)20-23-9-8-16-34(19-23)21(2)3/h6-7,10-15,17-18,21,23,36H,5,8-9,16,19-20H2,1-4H3. The minimum Gasteiger partial charge on any atom is -0.508 e. The highest BCUT2D eigenvalue weighted by Gasteiger charge is 2.25. The molecule has 3 aromatic carbocycles. The van der Waals surface area contributed by atoms with Gasteiger partial charge in [-0.2, -0.15) is 0 Å². The van der Waals surface area contributed by atoms with Gasteiger partial charge in [-0.1, -0.05) is 18.2 Å². The van der Waals surface area contributed by atoms with Gasteiger partial charge in [0.1, 0.15) is 28.8 Å². The predicted molar refractivity (Wildman–Crippen MR) is 155 cm³/mol. The van der Waals surface area contributed by atoms with Crippen LogP contribution < -0.4 is 15.0 Å². The number of likely N-dealkylation sites (tertiary alicyclic amines) is 1. The SMILES string of the molecule is CCOc1ccccc1-c1nc2ccc(Oc3cc(O)ccc3C)cc2c(=O)n1CC1CCCN(C(C)C)C1. The van der Waals surface area contributed by atoms with E-state index in [2.05, 4.69) is 18.7 Å². The van der Waals surface area contributed by atoms with E-state index >= 15 is 0 Å². The Labute approximate surface area is 229 Å². The number of aryl methyl sites for hydroxylation is 1. The van der Waals surface area contributed by atoms with Crippen LogP contribution in [0.25, 0.3) is 22.3 Å². The van der Waals surface area contributed by atoms with E-state index in [1.54, 1.807) is 24.3 Å². The molecule has 1 N–H and O–H groups in total. The molecule has 7 nitrogen and oxygen atoms in total. The van der Waals surface area contributed by atoms with E-state index < -0.39 is 0 Å². The van der Waals surface area contributed by atoms with Crippen LogP contribution in [0.2, 0.25) is 0 Å². The number of ether oxygens (including phenoxy) is 2. The number of phenolic OH excluding ortho intramolecular Hbond substituents is 1. The van der Waals surface area contributed by atoms with Crippen LogP contribution in [0, 0.1) is 12.8 Å². The summed E-state index contributed by atoms with van der Waals surface area (Å²) in [6, 6.07) is 18.6. The van der Waals surface area contributed by atoms with Crippen molar-refractivity contribution in [3.63, 3.8) is 0 Å². The molecule has 5 rings (SSSR count). The lowest BCUT2D eigenvalue weighted by molar-refractivity contribution is 0.130. The molecule has 1 saturated heterocycles. The zero-order chi connectivity index (χ0) is 27.5. The lowest BCUT2D eigenvalue weighted by atomic mass is 9.96. The Hall–Kier alpha value is -3.84. The number of para-hydroxylation sites is 1. The monoisotopic (exact) mass is 527 g/mol. The second kappa shape index (κ2) is 11.5. The molecule has 1 unspecified atom stereocenters. The van der Waals surface area contributed by atoms with Crippen LogP contribution in [-0.4, -0.2) is 45.3 Å². The van der Waals surface area contributed by atoms with Crippen LogP contribution in [0.5, 0.6) is 23.0 Å². The number of hydrogen-bond acceptors (Lipinski definition) is 6. The molecular weight excluding hydrogens is 490 g/mol. The number of rotatable bonds is 8. The molecule has 39 heavy (non-hydrogen) atoms. The molecule has 0 bridgehead atoms. The Morgan fingerprint density at radius 3 is 2.69 bits per heavy atom. The van der Waals surface area contributed by atoms with Crippen molar-refractivity contribution in [1.82, 2.24) is 14.5 Å². The molecular formula is C32H37N3O4. The summed E-state index contributed by atoms with van der Waals surface area (Å²) in [7, 11) is 0. The first-order valence-electron chi connectivity index (χ1n) is 13.8. The van der Waals surface area contributed by atoms with Crippen molar-refractivity contribution in [2.45, 2.75) is 53.1 Å². The summed E-state index contributed by atoms with van der Waals surface area (Å²) in [5.74, 6) is 2.86. The third-order valence-corrected chi connectivity index (χ3v) is 7.47. The minimum atomic E-state index is -0.0962. The number of fused-ring (bicyclic) bond motifs is 1. The third kappa shape index (κ3) is 5.78. The number of aromatic nitrogens is 2. The largest absolute Gasteiger partial charge is 0.508 e. The van der Waals surface area contributed by atoms with E-state index in [9.17, 15) is 9.90 Å². The van der Waals surface area contributed by atoms with E-state index in [0.717, 1.165) is 37.1 Å². The summed E-state index contributed by atoms with van der Waals surface area (Å²) in [6.45, 7) is 11.5. The summed E-state index contributed by atoms with van der Waals surface area (Å²) in [4.78, 5) is 21.7. The summed E-state index contributed by atoms with van der Waals surface area (Å²) in [5, 5.41) is 10.4. The highest BCUT2D eigenvalue weighted by molar-refractivity contribution is 5.82. The Balaban J connectivity index is 1.61. The average molecular weight is 528 g/mol. The highest BCUT2D eigenvalue weighted by atomic mass is 16.5. The fourth-order valence-corrected chi connectivity index (χ4v) is 5.37. The van der Waals surface area contributed by atoms with Gasteiger partial charge in [0.05, 0.1) is 23.1 Å². The molecule has 4 aromatic rings. The molecule has 0 saturated carbocycles. The zero-order valence-electron chi connectivity index (χ0n) is 23.2. The maximum Gasteiger partial charge on any atom is 0.261 e. The van der Waals surface area contributed by atoms with E-state index in [-0.39, 0.29) is 11.3 Å². The van der Waals surface area contributed by atoms with E-state index in [0.29, 0.717) is 59.1 Å². The van der Waals surface area contributed by atoms with Crippen molar-refractivity contribution < 1.29 is 14.6 Å². The van der Waals surface area contributed by atoms with Crippen molar-refractivity contribution in [3.05, 3.63) is 76.6 Å². The van der Waals surface area contributed by atoms with Gasteiger partial charge in [-0.25, -0.2) is 4.98 Å². The molecule has 7 heteroatoms. The Kier molecular flexibility index (Phi) is 7.89. The lowest BCUT2D eigenvalue weighted by Crippen LogP contribution is -2.42. The van der Waals surface area contributed by atoms with Crippen molar-refractivity contribution in [2.75, 3.05) is 19.7 Å². The molecule has 1 atom stereocenters. The Morgan fingerprint density at radius 2 is 1.90 bits per heavy atom. The zero-order valence-corrected chi connectivity index (χ0v) is 23.2. The summed E-state index contributed by atoms with van der Waals surface area (Å²) in [6.07, 6.45) is 2.19. The van der Waals surface area contributed by atoms with Gasteiger partial charge in [-0.3, -0.25) is 9.36 Å². The quantitative estimate of drug-likeness (QED) is 0.286. The van der Waals surface area contributed by atoms with Crippen LogP contribution >= 0.6 is 0 Å². The third-order valence-electron chi connectivity index (χ3n) is 7.47. The lowest BCUT2D eigenvalue weighted by Gasteiger charge is -2.36. The van der Waals surface area contributed by atoms with Crippen molar-refractivity contribution in [3.8, 4) is 34.4 Å². The summed E-state index contributed by atoms with van der Waals surface area (Å²) < 4.78 is 13.9. The molecule has 0 amide bonds. The molecule has 1 aliphatic heterocycles. The second-order valence-electron chi connectivity index (χ2n) is 10.6. The molecule has 1 fully saturated rings. The fraction of sp³-hybridized carbons (Fsp3) is 0.375. The number of benzene rings is 3. The predicted octanol–water partition coefficient (Wildman–Crippen LogP) is 6.39. The van der Waals surface area contributed by atoms with E-state index in [1.807, 2.05) is 54.8 Å². The number of piperidine rings is 1. The van der Waals surface area contributed by atoms with E-state index in [1.165, 1.54) is 0 Å². The van der Waals surface area contributed by atoms with Crippen molar-refractivity contribution in [2.24, 2.45) is 5.92 Å². The summed E-state index contributed by atoms with van der Waals surface area (Å²) in [5.41, 5.74) is 2.20. The number of hydrogen-bond donors (Lipinski definition) is 1. The minimum absolute atomic E-state index is 0.0962. The van der Waals surface area contributed by atoms with Crippen LogP contribution in [0.3, 0.4) is 0 Å². The maximum atomic E-state index is 14.2. The van der Waals surface area contributed by atoms with Gasteiger partial charge in [-0.05, 0) is 95.0 Å². The van der Waals surface area contributed by atoms with Gasteiger partial charge in [-0.15, -0.1) is 0 Å². The maximum absolute atomic E-state index is 14.2. The molecule has 0 radical (unpaired) electrons. The van der Waals surface area contributed by atoms with Gasteiger partial charge in [0.15, 0.2) is 0 Å². The molecule has 1 aromatic heterocycles. The van der Waals surface area contributed by atoms with Gasteiger partial charge < -0.3 is 19.5 Å². The van der Waals surface area contributed by atoms with Crippen molar-refractivity contribution >= 4 is 10.9 Å². The van der Waals surface area contributed by atoms with Crippen LogP contribution in [0.15, 0.2) is 65.5 Å². The van der Waals surface area contributed by atoms with Crippen LogP contribution in [0.1, 0.15) is 39.2 Å². The normalized spacial score (nSPS) is 16.1. The fourth-order valence-electron chi connectivity index (χ4n) is 5.37. The van der Waals surface area contributed by atoms with Gasteiger partial charge in [0.2, 0.25) is 0 Å². The molecule has 1 aliphatic rings. The topological polar surface area (TPSA) is 76.8 Å². The first-order chi connectivity index (χ1) is 18.8. The van der Waals surface area contributed by atoms with Gasteiger partial charge >= 0.3 is 0 Å². The molecule has 0 aliphatic carbocycles. The van der Waals surface area contributed by atoms with Gasteiger partial charge in [0.25, 0.3) is 5.56 Å². The Bertz CT molecular complexity index is 1530. The highest BCUT2D eigenvalue weighted by Crippen LogP contribution is 2.33. The number of aromatic hydroxyl groups is 1.